The first-order valence-corrected chi connectivity index (χ1v) is 7.27. The fourth-order valence-corrected chi connectivity index (χ4v) is 3.04. The van der Waals surface area contributed by atoms with Gasteiger partial charge in [-0.05, 0) is 42.7 Å². The van der Waals surface area contributed by atoms with Crippen LogP contribution >= 0.6 is 0 Å². The predicted molar refractivity (Wildman–Crippen MR) is 81.4 cm³/mol. The Kier molecular flexibility index (Phi) is 3.69. The Morgan fingerprint density at radius 2 is 2.14 bits per heavy atom. The second kappa shape index (κ2) is 5.64. The third kappa shape index (κ3) is 2.53. The SMILES string of the molecule is COc1cccc(C2CCCN2C(=O)c2cccn2C)c1. The quantitative estimate of drug-likeness (QED) is 0.868. The molecule has 0 N–H and O–H groups in total. The van der Waals surface area contributed by atoms with E-state index >= 15 is 0 Å². The van der Waals surface area contributed by atoms with Gasteiger partial charge in [-0.2, -0.15) is 0 Å². The first kappa shape index (κ1) is 13.7. The maximum Gasteiger partial charge on any atom is 0.270 e. The minimum Gasteiger partial charge on any atom is -0.497 e. The van der Waals surface area contributed by atoms with Crippen molar-refractivity contribution in [3.8, 4) is 5.75 Å². The van der Waals surface area contributed by atoms with Crippen LogP contribution in [0.2, 0.25) is 0 Å². The fourth-order valence-electron chi connectivity index (χ4n) is 3.04. The largest absolute Gasteiger partial charge is 0.497 e. The zero-order chi connectivity index (χ0) is 14.8. The minimum absolute atomic E-state index is 0.104. The van der Waals surface area contributed by atoms with Crippen LogP contribution in [0.15, 0.2) is 42.6 Å². The molecular weight excluding hydrogens is 264 g/mol. The van der Waals surface area contributed by atoms with Gasteiger partial charge in [0.25, 0.3) is 5.91 Å². The number of aryl methyl sites for hydroxylation is 1. The molecule has 110 valence electrons. The van der Waals surface area contributed by atoms with E-state index in [-0.39, 0.29) is 11.9 Å². The van der Waals surface area contributed by atoms with Crippen LogP contribution in [0, 0.1) is 0 Å². The van der Waals surface area contributed by atoms with Crippen LogP contribution in [0.3, 0.4) is 0 Å². The number of rotatable bonds is 3. The summed E-state index contributed by atoms with van der Waals surface area (Å²) < 4.78 is 7.17. The molecule has 4 heteroatoms. The van der Waals surface area contributed by atoms with Crippen LogP contribution in [0.4, 0.5) is 0 Å². The summed E-state index contributed by atoms with van der Waals surface area (Å²) in [7, 11) is 3.57. The molecule has 0 aliphatic carbocycles. The van der Waals surface area contributed by atoms with Crippen LogP contribution in [-0.4, -0.2) is 29.0 Å². The van der Waals surface area contributed by atoms with Gasteiger partial charge in [0.2, 0.25) is 0 Å². The summed E-state index contributed by atoms with van der Waals surface area (Å²) in [5.74, 6) is 0.943. The van der Waals surface area contributed by atoms with Gasteiger partial charge in [0.1, 0.15) is 11.4 Å². The molecule has 1 amide bonds. The van der Waals surface area contributed by atoms with Crippen molar-refractivity contribution in [2.24, 2.45) is 7.05 Å². The predicted octanol–water partition coefficient (Wildman–Crippen LogP) is 3.01. The Labute approximate surface area is 124 Å². The van der Waals surface area contributed by atoms with Gasteiger partial charge in [-0.15, -0.1) is 0 Å². The van der Waals surface area contributed by atoms with Crippen LogP contribution in [0.25, 0.3) is 0 Å². The third-order valence-corrected chi connectivity index (χ3v) is 4.16. The monoisotopic (exact) mass is 284 g/mol. The Morgan fingerprint density at radius 1 is 1.29 bits per heavy atom. The third-order valence-electron chi connectivity index (χ3n) is 4.16. The van der Waals surface area contributed by atoms with Gasteiger partial charge in [0.05, 0.1) is 13.2 Å². The number of hydrogen-bond acceptors (Lipinski definition) is 2. The summed E-state index contributed by atoms with van der Waals surface area (Å²) in [6, 6.07) is 11.9. The first-order chi connectivity index (χ1) is 10.2. The van der Waals surface area contributed by atoms with Gasteiger partial charge in [-0.3, -0.25) is 4.79 Å². The van der Waals surface area contributed by atoms with E-state index in [4.69, 9.17) is 4.74 Å². The van der Waals surface area contributed by atoms with E-state index in [9.17, 15) is 4.79 Å². The smallest absolute Gasteiger partial charge is 0.270 e. The topological polar surface area (TPSA) is 34.5 Å². The number of benzene rings is 1. The van der Waals surface area contributed by atoms with Crippen LogP contribution in [0.1, 0.15) is 34.9 Å². The molecule has 0 saturated carbocycles. The summed E-state index contributed by atoms with van der Waals surface area (Å²) in [6.45, 7) is 0.811. The molecule has 1 aromatic heterocycles. The van der Waals surface area contributed by atoms with Gasteiger partial charge >= 0.3 is 0 Å². The zero-order valence-electron chi connectivity index (χ0n) is 12.5. The average molecular weight is 284 g/mol. The van der Waals surface area contributed by atoms with Gasteiger partial charge in [0.15, 0.2) is 0 Å². The van der Waals surface area contributed by atoms with Crippen molar-refractivity contribution in [2.75, 3.05) is 13.7 Å². The highest BCUT2D eigenvalue weighted by Gasteiger charge is 2.31. The maximum absolute atomic E-state index is 12.7. The number of carbonyl (C=O) groups is 1. The zero-order valence-corrected chi connectivity index (χ0v) is 12.5. The van der Waals surface area contributed by atoms with E-state index in [1.165, 1.54) is 0 Å². The Morgan fingerprint density at radius 3 is 2.86 bits per heavy atom. The lowest BCUT2D eigenvalue weighted by molar-refractivity contribution is 0.0726. The summed E-state index contributed by atoms with van der Waals surface area (Å²) in [5, 5.41) is 0. The Hall–Kier alpha value is -2.23. The number of nitrogens with zero attached hydrogens (tertiary/aromatic N) is 2. The molecule has 21 heavy (non-hydrogen) atoms. The molecule has 0 bridgehead atoms. The Bertz CT molecular complexity index is 648. The highest BCUT2D eigenvalue weighted by Crippen LogP contribution is 2.34. The second-order valence-electron chi connectivity index (χ2n) is 5.44. The molecule has 1 aliphatic rings. The van der Waals surface area contributed by atoms with E-state index in [1.807, 2.05) is 53.0 Å². The molecule has 2 heterocycles. The number of carbonyl (C=O) groups excluding carboxylic acids is 1. The summed E-state index contributed by atoms with van der Waals surface area (Å²) >= 11 is 0. The van der Waals surface area contributed by atoms with Gasteiger partial charge in [-0.1, -0.05) is 12.1 Å². The lowest BCUT2D eigenvalue weighted by atomic mass is 10.0. The molecule has 1 aromatic carbocycles. The van der Waals surface area contributed by atoms with Gasteiger partial charge < -0.3 is 14.2 Å². The number of hydrogen-bond donors (Lipinski definition) is 0. The number of methoxy groups -OCH3 is 1. The summed E-state index contributed by atoms with van der Waals surface area (Å²) in [5.41, 5.74) is 1.89. The highest BCUT2D eigenvalue weighted by molar-refractivity contribution is 5.93. The van der Waals surface area contributed by atoms with E-state index < -0.39 is 0 Å². The molecule has 1 fully saturated rings. The second-order valence-corrected chi connectivity index (χ2v) is 5.44. The molecule has 1 aliphatic heterocycles. The van der Waals surface area contributed by atoms with Crippen molar-refractivity contribution in [1.29, 1.82) is 0 Å². The van der Waals surface area contributed by atoms with Crippen molar-refractivity contribution < 1.29 is 9.53 Å². The lowest BCUT2D eigenvalue weighted by Crippen LogP contribution is -2.31. The van der Waals surface area contributed by atoms with E-state index in [0.717, 1.165) is 36.4 Å². The molecule has 2 aromatic rings. The van der Waals surface area contributed by atoms with Crippen molar-refractivity contribution in [3.63, 3.8) is 0 Å². The molecule has 0 spiro atoms. The number of amides is 1. The van der Waals surface area contributed by atoms with E-state index in [2.05, 4.69) is 6.07 Å². The average Bonchev–Trinajstić information content (AvgIpc) is 3.15. The molecule has 3 rings (SSSR count). The molecule has 1 saturated heterocycles. The minimum atomic E-state index is 0.104. The van der Waals surface area contributed by atoms with E-state index in [1.54, 1.807) is 7.11 Å². The molecular formula is C17H20N2O2. The van der Waals surface area contributed by atoms with Crippen LogP contribution in [0.5, 0.6) is 5.75 Å². The Balaban J connectivity index is 1.88. The van der Waals surface area contributed by atoms with Crippen LogP contribution < -0.4 is 4.74 Å². The van der Waals surface area contributed by atoms with Crippen molar-refractivity contribution in [3.05, 3.63) is 53.9 Å². The summed E-state index contributed by atoms with van der Waals surface area (Å²) in [4.78, 5) is 14.7. The number of aromatic nitrogens is 1. The van der Waals surface area contributed by atoms with Crippen LogP contribution in [-0.2, 0) is 7.05 Å². The normalized spacial score (nSPS) is 18.0. The standard InChI is InChI=1S/C17H20N2O2/c1-18-10-4-9-16(18)17(20)19-11-5-8-15(19)13-6-3-7-14(12-13)21-2/h3-4,6-7,9-10,12,15H,5,8,11H2,1-2H3. The highest BCUT2D eigenvalue weighted by atomic mass is 16.5. The van der Waals surface area contributed by atoms with Crippen molar-refractivity contribution in [2.45, 2.75) is 18.9 Å². The molecule has 1 atom stereocenters. The molecule has 4 nitrogen and oxygen atoms in total. The summed E-state index contributed by atoms with van der Waals surface area (Å²) in [6.07, 6.45) is 3.95. The van der Waals surface area contributed by atoms with Gasteiger partial charge in [-0.25, -0.2) is 0 Å². The molecule has 0 radical (unpaired) electrons. The number of ether oxygens (including phenoxy) is 1. The first-order valence-electron chi connectivity index (χ1n) is 7.27. The lowest BCUT2D eigenvalue weighted by Gasteiger charge is -2.25. The molecule has 1 unspecified atom stereocenters. The van der Waals surface area contributed by atoms with E-state index in [0.29, 0.717) is 0 Å². The number of likely N-dealkylation sites (tertiary alicyclic amines) is 1. The van der Waals surface area contributed by atoms with Gasteiger partial charge in [0, 0.05) is 19.8 Å². The van der Waals surface area contributed by atoms with Crippen molar-refractivity contribution in [1.82, 2.24) is 9.47 Å². The maximum atomic E-state index is 12.7. The fraction of sp³-hybridized carbons (Fsp3) is 0.353. The van der Waals surface area contributed by atoms with Crippen molar-refractivity contribution >= 4 is 5.91 Å².